The number of Topliss-reactive ketones (excluding diaryl/α,β-unsaturated/α-hetero) is 1. The second-order valence-electron chi connectivity index (χ2n) is 2.99. The third kappa shape index (κ3) is 1.43. The fourth-order valence-electron chi connectivity index (χ4n) is 1.39. The molecule has 64 valence electrons. The zero-order chi connectivity index (χ0) is 9.26. The number of carbonyl (C=O) groups excluding carboxylic acids is 2. The Morgan fingerprint density at radius 2 is 1.77 bits per heavy atom. The van der Waals surface area contributed by atoms with E-state index in [0.717, 1.165) is 5.56 Å². The minimum Gasteiger partial charge on any atom is -0.294 e. The zero-order valence-electron chi connectivity index (χ0n) is 6.99. The van der Waals surface area contributed by atoms with Crippen molar-refractivity contribution in [3.8, 4) is 0 Å². The van der Waals surface area contributed by atoms with E-state index in [1.165, 1.54) is 6.08 Å². The summed E-state index contributed by atoms with van der Waals surface area (Å²) in [7, 11) is 0. The Balaban J connectivity index is 2.57. The van der Waals surface area contributed by atoms with Gasteiger partial charge in [0.05, 0.1) is 6.42 Å². The molecule has 0 aromatic heterocycles. The lowest BCUT2D eigenvalue weighted by Gasteiger charge is -1.99. The number of ketones is 2. The highest BCUT2D eigenvalue weighted by Crippen LogP contribution is 2.16. The Kier molecular flexibility index (Phi) is 1.81. The van der Waals surface area contributed by atoms with Crippen LogP contribution in [0.25, 0.3) is 6.08 Å². The van der Waals surface area contributed by atoms with E-state index in [0.29, 0.717) is 5.56 Å². The maximum atomic E-state index is 11.5. The molecule has 2 nitrogen and oxygen atoms in total. The Bertz CT molecular complexity index is 402. The lowest BCUT2D eigenvalue weighted by atomic mass is 10.0. The monoisotopic (exact) mass is 172 g/mol. The summed E-state index contributed by atoms with van der Waals surface area (Å²) in [4.78, 5) is 22.5. The average molecular weight is 172 g/mol. The molecule has 13 heavy (non-hydrogen) atoms. The van der Waals surface area contributed by atoms with Crippen LogP contribution in [0.5, 0.6) is 0 Å². The molecule has 2 heteroatoms. The average Bonchev–Trinajstić information content (AvgIpc) is 2.27. The molecule has 0 spiro atoms. The molecule has 0 amide bonds. The number of hydrogen-bond donors (Lipinski definition) is 0. The van der Waals surface area contributed by atoms with Gasteiger partial charge >= 0.3 is 0 Å². The Morgan fingerprint density at radius 3 is 2.62 bits per heavy atom. The molecule has 2 rings (SSSR count). The van der Waals surface area contributed by atoms with Crippen LogP contribution in [0, 0.1) is 0 Å². The van der Waals surface area contributed by atoms with E-state index in [4.69, 9.17) is 0 Å². The molecule has 1 aromatic rings. The molecule has 0 saturated carbocycles. The van der Waals surface area contributed by atoms with Crippen molar-refractivity contribution in [2.24, 2.45) is 0 Å². The highest BCUT2D eigenvalue weighted by molar-refractivity contribution is 6.15. The van der Waals surface area contributed by atoms with Crippen LogP contribution in [-0.2, 0) is 4.79 Å². The van der Waals surface area contributed by atoms with Gasteiger partial charge < -0.3 is 0 Å². The number of hydrogen-bond acceptors (Lipinski definition) is 2. The van der Waals surface area contributed by atoms with E-state index in [1.54, 1.807) is 18.2 Å². The van der Waals surface area contributed by atoms with Crippen LogP contribution in [0.2, 0.25) is 0 Å². The third-order valence-corrected chi connectivity index (χ3v) is 2.04. The molecule has 0 radical (unpaired) electrons. The predicted molar refractivity (Wildman–Crippen MR) is 49.4 cm³/mol. The standard InChI is InChI=1S/C11H8O2/c12-9-6-5-8-3-1-2-4-10(8)11(13)7-9/h1-6H,7H2. The molecular formula is C11H8O2. The molecule has 0 unspecified atom stereocenters. The van der Waals surface area contributed by atoms with Crippen LogP contribution in [0.1, 0.15) is 22.3 Å². The smallest absolute Gasteiger partial charge is 0.171 e. The van der Waals surface area contributed by atoms with Crippen molar-refractivity contribution in [3.63, 3.8) is 0 Å². The summed E-state index contributed by atoms with van der Waals surface area (Å²) in [6, 6.07) is 7.25. The Morgan fingerprint density at radius 1 is 1.00 bits per heavy atom. The minimum absolute atomic E-state index is 0.00644. The summed E-state index contributed by atoms with van der Waals surface area (Å²) in [6.07, 6.45) is 3.15. The second kappa shape index (κ2) is 2.98. The zero-order valence-corrected chi connectivity index (χ0v) is 6.99. The third-order valence-electron chi connectivity index (χ3n) is 2.04. The number of benzene rings is 1. The lowest BCUT2D eigenvalue weighted by Crippen LogP contribution is -2.04. The predicted octanol–water partition coefficient (Wildman–Crippen LogP) is 1.86. The number of rotatable bonds is 0. The van der Waals surface area contributed by atoms with Gasteiger partial charge in [-0.05, 0) is 11.6 Å². The molecule has 0 bridgehead atoms. The van der Waals surface area contributed by atoms with Gasteiger partial charge in [-0.3, -0.25) is 9.59 Å². The fourth-order valence-corrected chi connectivity index (χ4v) is 1.39. The van der Waals surface area contributed by atoms with E-state index < -0.39 is 0 Å². The van der Waals surface area contributed by atoms with Gasteiger partial charge in [0.25, 0.3) is 0 Å². The van der Waals surface area contributed by atoms with E-state index >= 15 is 0 Å². The molecule has 1 aromatic carbocycles. The van der Waals surface area contributed by atoms with Gasteiger partial charge in [-0.1, -0.05) is 30.3 Å². The maximum absolute atomic E-state index is 11.5. The maximum Gasteiger partial charge on any atom is 0.171 e. The quantitative estimate of drug-likeness (QED) is 0.560. The van der Waals surface area contributed by atoms with Crippen molar-refractivity contribution in [2.75, 3.05) is 0 Å². The normalized spacial score (nSPS) is 15.4. The number of carbonyl (C=O) groups is 2. The molecule has 0 atom stereocenters. The first-order chi connectivity index (χ1) is 6.27. The van der Waals surface area contributed by atoms with Gasteiger partial charge in [0.1, 0.15) is 0 Å². The van der Waals surface area contributed by atoms with E-state index in [9.17, 15) is 9.59 Å². The first-order valence-corrected chi connectivity index (χ1v) is 4.10. The molecule has 1 aliphatic rings. The second-order valence-corrected chi connectivity index (χ2v) is 2.99. The van der Waals surface area contributed by atoms with Crippen LogP contribution in [0.4, 0.5) is 0 Å². The van der Waals surface area contributed by atoms with Crippen molar-refractivity contribution in [3.05, 3.63) is 41.5 Å². The summed E-state index contributed by atoms with van der Waals surface area (Å²) in [6.45, 7) is 0. The molecule has 0 N–H and O–H groups in total. The van der Waals surface area contributed by atoms with Crippen LogP contribution in [0.3, 0.4) is 0 Å². The van der Waals surface area contributed by atoms with Gasteiger partial charge in [-0.2, -0.15) is 0 Å². The Hall–Kier alpha value is -1.70. The SMILES string of the molecule is O=C1C=Cc2ccccc2C(=O)C1. The minimum atomic E-state index is -0.124. The summed E-state index contributed by atoms with van der Waals surface area (Å²) in [5.41, 5.74) is 1.47. The van der Waals surface area contributed by atoms with Gasteiger partial charge in [0, 0.05) is 5.56 Å². The van der Waals surface area contributed by atoms with Gasteiger partial charge in [-0.25, -0.2) is 0 Å². The van der Waals surface area contributed by atoms with Gasteiger partial charge in [0.2, 0.25) is 0 Å². The summed E-state index contributed by atoms with van der Waals surface area (Å²) in [5.74, 6) is -0.216. The van der Waals surface area contributed by atoms with Crippen LogP contribution in [-0.4, -0.2) is 11.6 Å². The van der Waals surface area contributed by atoms with E-state index in [1.807, 2.05) is 12.1 Å². The Labute approximate surface area is 75.9 Å². The molecule has 0 fully saturated rings. The fraction of sp³-hybridized carbons (Fsp3) is 0.0909. The molecule has 0 saturated heterocycles. The molecular weight excluding hydrogens is 164 g/mol. The van der Waals surface area contributed by atoms with Gasteiger partial charge in [0.15, 0.2) is 11.6 Å². The van der Waals surface area contributed by atoms with Crippen LogP contribution >= 0.6 is 0 Å². The van der Waals surface area contributed by atoms with Crippen LogP contribution < -0.4 is 0 Å². The van der Waals surface area contributed by atoms with Crippen molar-refractivity contribution < 1.29 is 9.59 Å². The van der Waals surface area contributed by atoms with E-state index in [-0.39, 0.29) is 18.0 Å². The summed E-state index contributed by atoms with van der Waals surface area (Å²) >= 11 is 0. The summed E-state index contributed by atoms with van der Waals surface area (Å²) < 4.78 is 0. The largest absolute Gasteiger partial charge is 0.294 e. The lowest BCUT2D eigenvalue weighted by molar-refractivity contribution is -0.113. The first-order valence-electron chi connectivity index (χ1n) is 4.10. The van der Waals surface area contributed by atoms with Crippen molar-refractivity contribution in [2.45, 2.75) is 6.42 Å². The summed E-state index contributed by atoms with van der Waals surface area (Å²) in [5, 5.41) is 0. The molecule has 0 heterocycles. The van der Waals surface area contributed by atoms with Crippen molar-refractivity contribution in [1.29, 1.82) is 0 Å². The van der Waals surface area contributed by atoms with Crippen LogP contribution in [0.15, 0.2) is 30.3 Å². The molecule has 1 aliphatic carbocycles. The highest BCUT2D eigenvalue weighted by Gasteiger charge is 2.15. The molecule has 0 aliphatic heterocycles. The van der Waals surface area contributed by atoms with Crippen molar-refractivity contribution >= 4 is 17.6 Å². The highest BCUT2D eigenvalue weighted by atomic mass is 16.1. The first kappa shape index (κ1) is 7.92. The van der Waals surface area contributed by atoms with E-state index in [2.05, 4.69) is 0 Å². The van der Waals surface area contributed by atoms with Gasteiger partial charge in [-0.15, -0.1) is 0 Å². The van der Waals surface area contributed by atoms with Crippen molar-refractivity contribution in [1.82, 2.24) is 0 Å². The topological polar surface area (TPSA) is 34.1 Å². The number of fused-ring (bicyclic) bond motifs is 1. The number of allylic oxidation sites excluding steroid dienone is 1.